The Morgan fingerprint density at radius 3 is 2.57 bits per heavy atom. The third-order valence-electron chi connectivity index (χ3n) is 4.32. The summed E-state index contributed by atoms with van der Waals surface area (Å²) in [6.45, 7) is 2.42. The van der Waals surface area contributed by atoms with Crippen molar-refractivity contribution in [1.29, 1.82) is 0 Å². The van der Waals surface area contributed by atoms with Crippen molar-refractivity contribution in [3.63, 3.8) is 0 Å². The number of hydrogen-bond acceptors (Lipinski definition) is 4. The van der Waals surface area contributed by atoms with Crippen LogP contribution in [0.15, 0.2) is 47.5 Å². The normalized spacial score (nSPS) is 10.9. The molecule has 0 unspecified atom stereocenters. The van der Waals surface area contributed by atoms with Gasteiger partial charge in [-0.2, -0.15) is 0 Å². The molecule has 6 nitrogen and oxygen atoms in total. The Hall–Kier alpha value is -2.07. The van der Waals surface area contributed by atoms with Gasteiger partial charge in [-0.25, -0.2) is 4.39 Å². The van der Waals surface area contributed by atoms with Crippen LogP contribution < -0.4 is 14.8 Å². The van der Waals surface area contributed by atoms with E-state index in [4.69, 9.17) is 14.2 Å². The molecule has 0 aromatic heterocycles. The van der Waals surface area contributed by atoms with Crippen LogP contribution in [0.3, 0.4) is 0 Å². The van der Waals surface area contributed by atoms with Crippen LogP contribution in [0.1, 0.15) is 17.5 Å². The molecule has 0 spiro atoms. The van der Waals surface area contributed by atoms with Crippen molar-refractivity contribution in [3.8, 4) is 11.5 Å². The number of nitrogens with zero attached hydrogens (tertiary/aromatic N) is 2. The van der Waals surface area contributed by atoms with Crippen LogP contribution in [0.5, 0.6) is 11.5 Å². The smallest absolute Gasteiger partial charge is 0.193 e. The van der Waals surface area contributed by atoms with Gasteiger partial charge < -0.3 is 24.4 Å². The fourth-order valence-corrected chi connectivity index (χ4v) is 2.86. The van der Waals surface area contributed by atoms with Crippen LogP contribution in [-0.4, -0.2) is 52.4 Å². The van der Waals surface area contributed by atoms with Gasteiger partial charge in [0.05, 0.1) is 13.7 Å². The molecule has 0 heterocycles. The minimum atomic E-state index is -0.372. The first-order valence-electron chi connectivity index (χ1n) is 9.52. The molecule has 2 aromatic rings. The molecule has 0 aliphatic rings. The summed E-state index contributed by atoms with van der Waals surface area (Å²) in [7, 11) is 6.77. The lowest BCUT2D eigenvalue weighted by Crippen LogP contribution is -2.38. The topological polar surface area (TPSA) is 55.3 Å². The molecule has 0 aliphatic carbocycles. The van der Waals surface area contributed by atoms with Crippen LogP contribution in [0.2, 0.25) is 0 Å². The molecule has 0 fully saturated rings. The van der Waals surface area contributed by atoms with Crippen LogP contribution in [0.25, 0.3) is 0 Å². The van der Waals surface area contributed by atoms with Crippen LogP contribution in [-0.2, 0) is 17.8 Å². The molecule has 0 aliphatic heterocycles. The Labute approximate surface area is 195 Å². The number of halogens is 2. The minimum absolute atomic E-state index is 0. The van der Waals surface area contributed by atoms with Crippen molar-refractivity contribution < 1.29 is 18.6 Å². The second kappa shape index (κ2) is 14.0. The quantitative estimate of drug-likeness (QED) is 0.217. The maximum Gasteiger partial charge on any atom is 0.193 e. The molecule has 0 radical (unpaired) electrons. The lowest BCUT2D eigenvalue weighted by Gasteiger charge is -2.22. The molecule has 0 saturated carbocycles. The van der Waals surface area contributed by atoms with E-state index in [-0.39, 0.29) is 35.5 Å². The molecule has 1 N–H and O–H groups in total. The van der Waals surface area contributed by atoms with Crippen molar-refractivity contribution in [2.24, 2.45) is 4.99 Å². The van der Waals surface area contributed by atoms with Gasteiger partial charge in [-0.05, 0) is 35.4 Å². The molecular formula is C22H31FIN3O3. The van der Waals surface area contributed by atoms with E-state index in [1.165, 1.54) is 13.2 Å². The van der Waals surface area contributed by atoms with Crippen LogP contribution >= 0.6 is 24.0 Å². The van der Waals surface area contributed by atoms with Gasteiger partial charge >= 0.3 is 0 Å². The molecular weight excluding hydrogens is 500 g/mol. The maximum atomic E-state index is 13.9. The highest BCUT2D eigenvalue weighted by molar-refractivity contribution is 14.0. The number of ether oxygens (including phenoxy) is 3. The summed E-state index contributed by atoms with van der Waals surface area (Å²) >= 11 is 0. The van der Waals surface area contributed by atoms with E-state index >= 15 is 0 Å². The zero-order valence-corrected chi connectivity index (χ0v) is 20.3. The number of aliphatic imine (C=N–C) groups is 1. The van der Waals surface area contributed by atoms with Gasteiger partial charge in [-0.1, -0.05) is 18.2 Å². The van der Waals surface area contributed by atoms with Gasteiger partial charge in [0.2, 0.25) is 0 Å². The summed E-state index contributed by atoms with van der Waals surface area (Å²) in [6, 6.07) is 12.9. The average molecular weight is 531 g/mol. The summed E-state index contributed by atoms with van der Waals surface area (Å²) in [5.41, 5.74) is 1.92. The SMILES string of the molecule is CN=C(NCc1cccc(OCCCOC)c1)N(C)Cc1ccc(OC)c(F)c1.I. The second-order valence-electron chi connectivity index (χ2n) is 6.57. The zero-order chi connectivity index (χ0) is 21.1. The van der Waals surface area contributed by atoms with Crippen molar-refractivity contribution in [3.05, 3.63) is 59.4 Å². The lowest BCUT2D eigenvalue weighted by molar-refractivity contribution is 0.172. The lowest BCUT2D eigenvalue weighted by atomic mass is 10.2. The molecule has 166 valence electrons. The Morgan fingerprint density at radius 1 is 1.10 bits per heavy atom. The van der Waals surface area contributed by atoms with E-state index in [1.807, 2.05) is 42.3 Å². The predicted molar refractivity (Wildman–Crippen MR) is 128 cm³/mol. The fourth-order valence-electron chi connectivity index (χ4n) is 2.86. The zero-order valence-electron chi connectivity index (χ0n) is 18.0. The number of guanidine groups is 1. The number of rotatable bonds is 10. The van der Waals surface area contributed by atoms with E-state index in [2.05, 4.69) is 10.3 Å². The summed E-state index contributed by atoms with van der Waals surface area (Å²) in [5.74, 6) is 1.41. The monoisotopic (exact) mass is 531 g/mol. The van der Waals surface area contributed by atoms with E-state index in [9.17, 15) is 4.39 Å². The Morgan fingerprint density at radius 2 is 1.90 bits per heavy atom. The van der Waals surface area contributed by atoms with E-state index < -0.39 is 0 Å². The highest BCUT2D eigenvalue weighted by atomic mass is 127. The Bertz CT molecular complexity index is 805. The fraction of sp³-hybridized carbons (Fsp3) is 0.409. The van der Waals surface area contributed by atoms with Crippen molar-refractivity contribution in [1.82, 2.24) is 10.2 Å². The number of benzene rings is 2. The first-order chi connectivity index (χ1) is 14.1. The summed E-state index contributed by atoms with van der Waals surface area (Å²) in [4.78, 5) is 6.25. The van der Waals surface area contributed by atoms with Crippen LogP contribution in [0, 0.1) is 5.82 Å². The average Bonchev–Trinajstić information content (AvgIpc) is 2.72. The van der Waals surface area contributed by atoms with Crippen molar-refractivity contribution >= 4 is 29.9 Å². The predicted octanol–water partition coefficient (Wildman–Crippen LogP) is 4.08. The van der Waals surface area contributed by atoms with Crippen LogP contribution in [0.4, 0.5) is 4.39 Å². The molecule has 0 amide bonds. The number of hydrogen-bond donors (Lipinski definition) is 1. The van der Waals surface area contributed by atoms with E-state index in [1.54, 1.807) is 20.2 Å². The van der Waals surface area contributed by atoms with Gasteiger partial charge in [0.25, 0.3) is 0 Å². The highest BCUT2D eigenvalue weighted by Crippen LogP contribution is 2.18. The Balaban J connectivity index is 0.00000450. The third kappa shape index (κ3) is 8.35. The standard InChI is InChI=1S/C22H30FN3O3.HI/c1-24-22(26(2)16-18-9-10-21(28-4)20(23)14-18)25-15-17-7-5-8-19(13-17)29-12-6-11-27-3;/h5,7-10,13-14H,6,11-12,15-16H2,1-4H3,(H,24,25);1H. The highest BCUT2D eigenvalue weighted by Gasteiger charge is 2.09. The molecule has 0 saturated heterocycles. The first-order valence-corrected chi connectivity index (χ1v) is 9.52. The Kier molecular flexibility index (Phi) is 12.1. The van der Waals surface area contributed by atoms with E-state index in [0.29, 0.717) is 32.3 Å². The van der Waals surface area contributed by atoms with Gasteiger partial charge in [-0.15, -0.1) is 24.0 Å². The van der Waals surface area contributed by atoms with Crippen molar-refractivity contribution in [2.45, 2.75) is 19.5 Å². The van der Waals surface area contributed by atoms with Gasteiger partial charge in [0.15, 0.2) is 17.5 Å². The van der Waals surface area contributed by atoms with E-state index in [0.717, 1.165) is 23.3 Å². The molecule has 30 heavy (non-hydrogen) atoms. The minimum Gasteiger partial charge on any atom is -0.494 e. The van der Waals surface area contributed by atoms with Gasteiger partial charge in [0.1, 0.15) is 5.75 Å². The molecule has 2 rings (SSSR count). The largest absolute Gasteiger partial charge is 0.494 e. The van der Waals surface area contributed by atoms with Crippen molar-refractivity contribution in [2.75, 3.05) is 41.5 Å². The summed E-state index contributed by atoms with van der Waals surface area (Å²) < 4.78 is 29.7. The molecule has 0 atom stereocenters. The second-order valence-corrected chi connectivity index (χ2v) is 6.57. The molecule has 8 heteroatoms. The van der Waals surface area contributed by atoms with Gasteiger partial charge in [0, 0.05) is 47.3 Å². The van der Waals surface area contributed by atoms with Gasteiger partial charge in [-0.3, -0.25) is 4.99 Å². The summed E-state index contributed by atoms with van der Waals surface area (Å²) in [5, 5.41) is 3.33. The first kappa shape index (κ1) is 26.0. The molecule has 2 aromatic carbocycles. The molecule has 0 bridgehead atoms. The number of nitrogens with one attached hydrogen (secondary N) is 1. The number of methoxy groups -OCH3 is 2. The third-order valence-corrected chi connectivity index (χ3v) is 4.32. The summed E-state index contributed by atoms with van der Waals surface area (Å²) in [6.07, 6.45) is 0.850. The maximum absolute atomic E-state index is 13.9.